The van der Waals surface area contributed by atoms with E-state index in [4.69, 9.17) is 4.52 Å². The third-order valence-corrected chi connectivity index (χ3v) is 5.14. The van der Waals surface area contributed by atoms with E-state index in [1.54, 1.807) is 23.2 Å². The number of rotatable bonds is 4. The highest BCUT2D eigenvalue weighted by Gasteiger charge is 2.17. The van der Waals surface area contributed by atoms with E-state index in [1.165, 1.54) is 5.56 Å². The van der Waals surface area contributed by atoms with Crippen molar-refractivity contribution in [2.45, 2.75) is 13.3 Å². The van der Waals surface area contributed by atoms with E-state index in [9.17, 15) is 4.79 Å². The Morgan fingerprint density at radius 2 is 1.67 bits per heavy atom. The van der Waals surface area contributed by atoms with Gasteiger partial charge < -0.3 is 4.52 Å². The van der Waals surface area contributed by atoms with Crippen molar-refractivity contribution in [2.24, 2.45) is 0 Å². The lowest BCUT2D eigenvalue weighted by atomic mass is 10.1. The van der Waals surface area contributed by atoms with Gasteiger partial charge in [0.15, 0.2) is 0 Å². The van der Waals surface area contributed by atoms with Gasteiger partial charge >= 0.3 is 0 Å². The minimum Gasteiger partial charge on any atom is -0.334 e. The topological polar surface area (TPSA) is 73.8 Å². The van der Waals surface area contributed by atoms with Gasteiger partial charge in [-0.1, -0.05) is 42.4 Å². The molecule has 2 aromatic carbocycles. The molecule has 146 valence electrons. The molecule has 0 saturated heterocycles. The zero-order valence-electron chi connectivity index (χ0n) is 16.3. The molecule has 6 nitrogen and oxygen atoms in total. The Labute approximate surface area is 172 Å². The van der Waals surface area contributed by atoms with Gasteiger partial charge in [0.05, 0.1) is 5.56 Å². The van der Waals surface area contributed by atoms with Gasteiger partial charge in [-0.2, -0.15) is 4.98 Å². The van der Waals surface area contributed by atoms with Gasteiger partial charge in [0.1, 0.15) is 0 Å². The fourth-order valence-electron chi connectivity index (χ4n) is 3.50. The van der Waals surface area contributed by atoms with Crippen LogP contribution in [0.1, 0.15) is 12.5 Å². The molecule has 0 bridgehead atoms. The summed E-state index contributed by atoms with van der Waals surface area (Å²) in [6.07, 6.45) is 6.08. The Hall–Kier alpha value is -4.06. The van der Waals surface area contributed by atoms with Crippen LogP contribution in [0.3, 0.4) is 0 Å². The van der Waals surface area contributed by atoms with E-state index in [1.807, 2.05) is 60.7 Å². The monoisotopic (exact) mass is 394 g/mol. The fourth-order valence-corrected chi connectivity index (χ4v) is 3.50. The Bertz CT molecular complexity index is 1390. The molecule has 0 N–H and O–H groups in total. The van der Waals surface area contributed by atoms with Crippen molar-refractivity contribution < 1.29 is 4.52 Å². The standard InChI is InChI=1S/C24H18N4O2/c1-2-16-7-9-18(10-8-16)28-15-21(19-5-3-4-6-20(19)24(28)29)23-26-22(27-30-23)17-11-13-25-14-12-17/h3-15H,2H2,1H3. The summed E-state index contributed by atoms with van der Waals surface area (Å²) in [7, 11) is 0. The van der Waals surface area contributed by atoms with Gasteiger partial charge in [0.25, 0.3) is 11.4 Å². The first-order valence-corrected chi connectivity index (χ1v) is 9.73. The number of nitrogens with zero attached hydrogens (tertiary/aromatic N) is 4. The number of aromatic nitrogens is 4. The first-order chi connectivity index (χ1) is 14.7. The Balaban J connectivity index is 1.71. The minimum absolute atomic E-state index is 0.0903. The van der Waals surface area contributed by atoms with E-state index in [-0.39, 0.29) is 5.56 Å². The predicted molar refractivity (Wildman–Crippen MR) is 115 cm³/mol. The number of aryl methyl sites for hydroxylation is 1. The smallest absolute Gasteiger partial charge is 0.262 e. The summed E-state index contributed by atoms with van der Waals surface area (Å²) in [6.45, 7) is 2.10. The number of fused-ring (bicyclic) bond motifs is 1. The maximum absolute atomic E-state index is 13.2. The molecule has 0 radical (unpaired) electrons. The summed E-state index contributed by atoms with van der Waals surface area (Å²) in [6, 6.07) is 19.1. The largest absolute Gasteiger partial charge is 0.334 e. The lowest BCUT2D eigenvalue weighted by Gasteiger charge is -2.11. The molecule has 3 aromatic heterocycles. The van der Waals surface area contributed by atoms with Gasteiger partial charge in [0, 0.05) is 40.6 Å². The Morgan fingerprint density at radius 1 is 0.933 bits per heavy atom. The van der Waals surface area contributed by atoms with Crippen molar-refractivity contribution in [1.82, 2.24) is 19.7 Å². The summed E-state index contributed by atoms with van der Waals surface area (Å²) < 4.78 is 7.22. The molecule has 0 aliphatic heterocycles. The molecule has 3 heterocycles. The van der Waals surface area contributed by atoms with Crippen molar-refractivity contribution in [3.05, 3.63) is 95.2 Å². The van der Waals surface area contributed by atoms with E-state index in [2.05, 4.69) is 22.0 Å². The molecule has 6 heteroatoms. The molecule has 0 spiro atoms. The van der Waals surface area contributed by atoms with Gasteiger partial charge in [0.2, 0.25) is 5.82 Å². The third kappa shape index (κ3) is 3.08. The highest BCUT2D eigenvalue weighted by Crippen LogP contribution is 2.28. The summed E-state index contributed by atoms with van der Waals surface area (Å²) in [5.41, 5.74) is 3.43. The second-order valence-electron chi connectivity index (χ2n) is 6.94. The molecule has 0 aliphatic rings. The second kappa shape index (κ2) is 7.40. The number of hydrogen-bond donors (Lipinski definition) is 0. The lowest BCUT2D eigenvalue weighted by molar-refractivity contribution is 0.432. The first-order valence-electron chi connectivity index (χ1n) is 9.73. The maximum Gasteiger partial charge on any atom is 0.262 e. The average Bonchev–Trinajstić information content (AvgIpc) is 3.30. The van der Waals surface area contributed by atoms with Gasteiger partial charge in [-0.15, -0.1) is 0 Å². The maximum atomic E-state index is 13.2. The molecule has 0 fully saturated rings. The van der Waals surface area contributed by atoms with Crippen LogP contribution in [-0.2, 0) is 6.42 Å². The molecule has 30 heavy (non-hydrogen) atoms. The molecule has 0 atom stereocenters. The van der Waals surface area contributed by atoms with E-state index < -0.39 is 0 Å². The Kier molecular flexibility index (Phi) is 4.44. The summed E-state index contributed by atoms with van der Waals surface area (Å²) in [5.74, 6) is 0.832. The van der Waals surface area contributed by atoms with Crippen molar-refractivity contribution in [3.8, 4) is 28.5 Å². The molecule has 0 amide bonds. The van der Waals surface area contributed by atoms with Crippen molar-refractivity contribution in [3.63, 3.8) is 0 Å². The van der Waals surface area contributed by atoms with Crippen molar-refractivity contribution in [2.75, 3.05) is 0 Å². The average molecular weight is 394 g/mol. The SMILES string of the molecule is CCc1ccc(-n2cc(-c3nc(-c4ccncc4)no3)c3ccccc3c2=O)cc1. The summed E-state index contributed by atoms with van der Waals surface area (Å²) in [5, 5.41) is 5.48. The van der Waals surface area contributed by atoms with Crippen LogP contribution in [0.25, 0.3) is 39.3 Å². The van der Waals surface area contributed by atoms with Crippen LogP contribution in [-0.4, -0.2) is 19.7 Å². The molecular formula is C24H18N4O2. The zero-order valence-corrected chi connectivity index (χ0v) is 16.3. The fraction of sp³-hybridized carbons (Fsp3) is 0.0833. The quantitative estimate of drug-likeness (QED) is 0.443. The number of pyridine rings is 2. The van der Waals surface area contributed by atoms with Crippen molar-refractivity contribution in [1.29, 1.82) is 0 Å². The molecule has 5 rings (SSSR count). The molecule has 0 saturated carbocycles. The number of benzene rings is 2. The molecule has 0 unspecified atom stereocenters. The summed E-state index contributed by atoms with van der Waals surface area (Å²) >= 11 is 0. The third-order valence-electron chi connectivity index (χ3n) is 5.14. The van der Waals surface area contributed by atoms with Crippen LogP contribution < -0.4 is 5.56 Å². The first kappa shape index (κ1) is 18.0. The molecular weight excluding hydrogens is 376 g/mol. The lowest BCUT2D eigenvalue weighted by Crippen LogP contribution is -2.18. The Morgan fingerprint density at radius 3 is 2.40 bits per heavy atom. The molecule has 5 aromatic rings. The highest BCUT2D eigenvalue weighted by atomic mass is 16.5. The van der Waals surface area contributed by atoms with E-state index in [0.29, 0.717) is 22.7 Å². The minimum atomic E-state index is -0.0903. The van der Waals surface area contributed by atoms with Gasteiger partial charge in [-0.3, -0.25) is 14.3 Å². The van der Waals surface area contributed by atoms with Crippen LogP contribution in [0.5, 0.6) is 0 Å². The zero-order chi connectivity index (χ0) is 20.5. The summed E-state index contributed by atoms with van der Waals surface area (Å²) in [4.78, 5) is 21.8. The normalized spacial score (nSPS) is 11.1. The predicted octanol–water partition coefficient (Wildman–Crippen LogP) is 4.67. The van der Waals surface area contributed by atoms with Crippen LogP contribution in [0, 0.1) is 0 Å². The van der Waals surface area contributed by atoms with Crippen LogP contribution in [0.2, 0.25) is 0 Å². The van der Waals surface area contributed by atoms with Crippen LogP contribution in [0.15, 0.2) is 88.6 Å². The second-order valence-corrected chi connectivity index (χ2v) is 6.94. The van der Waals surface area contributed by atoms with Crippen LogP contribution >= 0.6 is 0 Å². The van der Waals surface area contributed by atoms with Gasteiger partial charge in [-0.05, 0) is 42.3 Å². The van der Waals surface area contributed by atoms with E-state index >= 15 is 0 Å². The van der Waals surface area contributed by atoms with Crippen LogP contribution in [0.4, 0.5) is 0 Å². The number of hydrogen-bond acceptors (Lipinski definition) is 5. The molecule has 0 aliphatic carbocycles. The van der Waals surface area contributed by atoms with E-state index in [0.717, 1.165) is 23.1 Å². The highest BCUT2D eigenvalue weighted by molar-refractivity contribution is 5.94. The van der Waals surface area contributed by atoms with Crippen molar-refractivity contribution >= 4 is 10.8 Å². The van der Waals surface area contributed by atoms with Gasteiger partial charge in [-0.25, -0.2) is 0 Å².